The van der Waals surface area contributed by atoms with Crippen molar-refractivity contribution in [2.45, 2.75) is 0 Å². The molecule has 2 amide bonds. The molecule has 0 aliphatic carbocycles. The molecule has 0 unspecified atom stereocenters. The summed E-state index contributed by atoms with van der Waals surface area (Å²) in [5.74, 6) is -0.695. The number of carbonyl (C=O) groups is 2. The van der Waals surface area contributed by atoms with Crippen LogP contribution in [0.5, 0.6) is 0 Å². The molecular formula is C11H15ClN4O3. The second kappa shape index (κ2) is 7.65. The molecule has 0 atom stereocenters. The molecule has 19 heavy (non-hydrogen) atoms. The third-order valence-electron chi connectivity index (χ3n) is 2.18. The number of nitrogens with one attached hydrogen (secondary N) is 1. The fourth-order valence-electron chi connectivity index (χ4n) is 1.28. The van der Waals surface area contributed by atoms with E-state index in [2.05, 4.69) is 15.3 Å². The van der Waals surface area contributed by atoms with Crippen molar-refractivity contribution in [3.8, 4) is 0 Å². The maximum Gasteiger partial charge on any atom is 0.274 e. The van der Waals surface area contributed by atoms with E-state index in [1.165, 1.54) is 24.3 Å². The molecule has 0 fully saturated rings. The molecule has 104 valence electrons. The van der Waals surface area contributed by atoms with Crippen LogP contribution < -0.4 is 5.32 Å². The molecule has 0 saturated carbocycles. The molecule has 1 aromatic rings. The van der Waals surface area contributed by atoms with Crippen molar-refractivity contribution in [2.24, 2.45) is 0 Å². The van der Waals surface area contributed by atoms with Crippen LogP contribution in [-0.4, -0.2) is 60.5 Å². The van der Waals surface area contributed by atoms with Gasteiger partial charge in [0.2, 0.25) is 5.91 Å². The number of hydrogen-bond acceptors (Lipinski definition) is 5. The monoisotopic (exact) mass is 286 g/mol. The number of aromatic nitrogens is 2. The average molecular weight is 287 g/mol. The lowest BCUT2D eigenvalue weighted by atomic mass is 10.3. The van der Waals surface area contributed by atoms with E-state index >= 15 is 0 Å². The van der Waals surface area contributed by atoms with Crippen LogP contribution >= 0.6 is 11.6 Å². The van der Waals surface area contributed by atoms with Crippen molar-refractivity contribution in [3.05, 3.63) is 23.2 Å². The average Bonchev–Trinajstić information content (AvgIpc) is 2.38. The highest BCUT2D eigenvalue weighted by molar-refractivity contribution is 6.29. The van der Waals surface area contributed by atoms with Crippen molar-refractivity contribution in [2.75, 3.05) is 33.9 Å². The second-order valence-electron chi connectivity index (χ2n) is 3.73. The van der Waals surface area contributed by atoms with E-state index in [-0.39, 0.29) is 23.3 Å². The number of methoxy groups -OCH3 is 1. The highest BCUT2D eigenvalue weighted by Crippen LogP contribution is 2.04. The van der Waals surface area contributed by atoms with Crippen LogP contribution in [0.25, 0.3) is 0 Å². The summed E-state index contributed by atoms with van der Waals surface area (Å²) >= 11 is 5.65. The molecule has 1 N–H and O–H groups in total. The van der Waals surface area contributed by atoms with Gasteiger partial charge in [0.25, 0.3) is 5.91 Å². The smallest absolute Gasteiger partial charge is 0.274 e. The van der Waals surface area contributed by atoms with Gasteiger partial charge in [0.1, 0.15) is 10.8 Å². The van der Waals surface area contributed by atoms with Crippen LogP contribution in [0.1, 0.15) is 10.5 Å². The minimum absolute atomic E-state index is 0.0727. The van der Waals surface area contributed by atoms with Gasteiger partial charge in [0.05, 0.1) is 25.5 Å². The molecule has 0 spiro atoms. The summed E-state index contributed by atoms with van der Waals surface area (Å²) in [6, 6.07) is 0. The van der Waals surface area contributed by atoms with Gasteiger partial charge in [-0.25, -0.2) is 4.98 Å². The molecule has 0 bridgehead atoms. The lowest BCUT2D eigenvalue weighted by Gasteiger charge is -2.16. The molecule has 1 heterocycles. The molecule has 8 heteroatoms. The number of carbonyl (C=O) groups excluding carboxylic acids is 2. The lowest BCUT2D eigenvalue weighted by molar-refractivity contribution is -0.121. The summed E-state index contributed by atoms with van der Waals surface area (Å²) in [6.07, 6.45) is 2.63. The second-order valence-corrected chi connectivity index (χ2v) is 4.12. The Balaban J connectivity index is 2.51. The molecule has 0 saturated heterocycles. The van der Waals surface area contributed by atoms with Gasteiger partial charge >= 0.3 is 0 Å². The van der Waals surface area contributed by atoms with Gasteiger partial charge in [-0.15, -0.1) is 0 Å². The molecule has 0 aromatic carbocycles. The maximum atomic E-state index is 11.9. The van der Waals surface area contributed by atoms with Gasteiger partial charge in [-0.1, -0.05) is 11.6 Å². The number of halogens is 1. The predicted molar refractivity (Wildman–Crippen MR) is 68.9 cm³/mol. The molecular weight excluding hydrogens is 272 g/mol. The Morgan fingerprint density at radius 3 is 2.84 bits per heavy atom. The SMILES string of the molecule is COCCNC(=O)CN(C)C(=O)c1cncc(Cl)n1. The largest absolute Gasteiger partial charge is 0.383 e. The number of nitrogens with zero attached hydrogens (tertiary/aromatic N) is 3. The zero-order valence-corrected chi connectivity index (χ0v) is 11.5. The molecule has 0 aliphatic rings. The summed E-state index contributed by atoms with van der Waals surface area (Å²) in [6.45, 7) is 0.744. The fraction of sp³-hybridized carbons (Fsp3) is 0.455. The highest BCUT2D eigenvalue weighted by atomic mass is 35.5. The fourth-order valence-corrected chi connectivity index (χ4v) is 1.42. The number of hydrogen-bond donors (Lipinski definition) is 1. The normalized spacial score (nSPS) is 10.1. The van der Waals surface area contributed by atoms with Crippen molar-refractivity contribution in [1.29, 1.82) is 0 Å². The van der Waals surface area contributed by atoms with Gasteiger partial charge < -0.3 is 15.0 Å². The third kappa shape index (κ3) is 5.19. The third-order valence-corrected chi connectivity index (χ3v) is 2.36. The van der Waals surface area contributed by atoms with Gasteiger partial charge in [0.15, 0.2) is 0 Å². The Labute approximate surface area is 115 Å². The summed E-state index contributed by atoms with van der Waals surface area (Å²) in [5, 5.41) is 2.74. The minimum Gasteiger partial charge on any atom is -0.383 e. The first kappa shape index (κ1) is 15.3. The lowest BCUT2D eigenvalue weighted by Crippen LogP contribution is -2.39. The zero-order valence-electron chi connectivity index (χ0n) is 10.7. The zero-order chi connectivity index (χ0) is 14.3. The molecule has 0 aliphatic heterocycles. The summed E-state index contributed by atoms with van der Waals surface area (Å²) in [4.78, 5) is 32.3. The Morgan fingerprint density at radius 2 is 2.21 bits per heavy atom. The van der Waals surface area contributed by atoms with Crippen LogP contribution in [0, 0.1) is 0 Å². The van der Waals surface area contributed by atoms with Gasteiger partial charge in [-0.3, -0.25) is 14.6 Å². The van der Waals surface area contributed by atoms with E-state index in [0.29, 0.717) is 13.2 Å². The maximum absolute atomic E-state index is 11.9. The standard InChI is InChI=1S/C11H15ClN4O3/c1-16(7-10(17)14-3-4-19-2)11(18)8-5-13-6-9(12)15-8/h5-6H,3-4,7H2,1-2H3,(H,14,17). The predicted octanol–water partition coefficient (Wildman–Crippen LogP) is -0.0354. The molecule has 1 rings (SSSR count). The Bertz CT molecular complexity index is 455. The molecule has 0 radical (unpaired) electrons. The number of likely N-dealkylation sites (N-methyl/N-ethyl adjacent to an activating group) is 1. The first-order chi connectivity index (χ1) is 9.04. The Hall–Kier alpha value is -1.73. The van der Waals surface area contributed by atoms with E-state index in [1.54, 1.807) is 7.11 Å². The number of ether oxygens (including phenoxy) is 1. The first-order valence-electron chi connectivity index (χ1n) is 5.53. The molecule has 7 nitrogen and oxygen atoms in total. The van der Waals surface area contributed by atoms with Gasteiger partial charge in [0, 0.05) is 20.7 Å². The van der Waals surface area contributed by atoms with Crippen LogP contribution in [0.3, 0.4) is 0 Å². The summed E-state index contributed by atoms with van der Waals surface area (Å²) in [5.41, 5.74) is 0.0969. The number of rotatable bonds is 6. The quantitative estimate of drug-likeness (QED) is 0.742. The van der Waals surface area contributed by atoms with Crippen LogP contribution in [0.2, 0.25) is 5.15 Å². The van der Waals surface area contributed by atoms with Crippen molar-refractivity contribution < 1.29 is 14.3 Å². The van der Waals surface area contributed by atoms with Crippen LogP contribution in [-0.2, 0) is 9.53 Å². The first-order valence-corrected chi connectivity index (χ1v) is 5.91. The van der Waals surface area contributed by atoms with Crippen molar-refractivity contribution in [3.63, 3.8) is 0 Å². The van der Waals surface area contributed by atoms with E-state index in [0.717, 1.165) is 0 Å². The van der Waals surface area contributed by atoms with E-state index in [1.807, 2.05) is 0 Å². The summed E-state index contributed by atoms with van der Waals surface area (Å²) in [7, 11) is 3.04. The Morgan fingerprint density at radius 1 is 1.47 bits per heavy atom. The summed E-state index contributed by atoms with van der Waals surface area (Å²) < 4.78 is 4.80. The van der Waals surface area contributed by atoms with E-state index in [4.69, 9.17) is 16.3 Å². The Kier molecular flexibility index (Phi) is 6.17. The van der Waals surface area contributed by atoms with Crippen LogP contribution in [0.4, 0.5) is 0 Å². The minimum atomic E-state index is -0.420. The van der Waals surface area contributed by atoms with Crippen molar-refractivity contribution >= 4 is 23.4 Å². The topological polar surface area (TPSA) is 84.4 Å². The van der Waals surface area contributed by atoms with E-state index in [9.17, 15) is 9.59 Å². The van der Waals surface area contributed by atoms with Gasteiger partial charge in [-0.2, -0.15) is 0 Å². The van der Waals surface area contributed by atoms with Crippen molar-refractivity contribution in [1.82, 2.24) is 20.2 Å². The number of amides is 2. The van der Waals surface area contributed by atoms with Gasteiger partial charge in [-0.05, 0) is 0 Å². The molecule has 1 aromatic heterocycles. The highest BCUT2D eigenvalue weighted by Gasteiger charge is 2.16. The van der Waals surface area contributed by atoms with Crippen LogP contribution in [0.15, 0.2) is 12.4 Å². The van der Waals surface area contributed by atoms with E-state index < -0.39 is 5.91 Å².